The van der Waals surface area contributed by atoms with E-state index in [9.17, 15) is 13.0 Å². The Bertz CT molecular complexity index is 1270. The zero-order valence-corrected chi connectivity index (χ0v) is 20.5. The third kappa shape index (κ3) is 5.31. The smallest absolute Gasteiger partial charge is 0.182 e. The zero-order chi connectivity index (χ0) is 23.5. The van der Waals surface area contributed by atoms with Gasteiger partial charge in [0.05, 0.1) is 28.6 Å². The molecule has 0 fully saturated rings. The molecule has 3 rings (SSSR count). The summed E-state index contributed by atoms with van der Waals surface area (Å²) in [6.07, 6.45) is 1.62. The first-order chi connectivity index (χ1) is 15.0. The van der Waals surface area contributed by atoms with Gasteiger partial charge in [-0.1, -0.05) is 12.1 Å². The molecule has 2 aromatic carbocycles. The number of sulfone groups is 1. The predicted octanol–water partition coefficient (Wildman–Crippen LogP) is 5.01. The third-order valence-corrected chi connectivity index (χ3v) is 8.65. The van der Waals surface area contributed by atoms with Crippen molar-refractivity contribution in [3.63, 3.8) is 0 Å². The van der Waals surface area contributed by atoms with Crippen molar-refractivity contribution in [3.8, 4) is 5.75 Å². The van der Waals surface area contributed by atoms with Crippen molar-refractivity contribution in [1.82, 2.24) is 4.98 Å². The molecule has 0 radical (unpaired) electrons. The van der Waals surface area contributed by atoms with E-state index in [0.29, 0.717) is 28.6 Å². The van der Waals surface area contributed by atoms with Crippen LogP contribution in [0.4, 0.5) is 22.9 Å². The molecular weight excluding hydrogens is 445 g/mol. The first kappa shape index (κ1) is 23.8. The van der Waals surface area contributed by atoms with E-state index >= 15 is 0 Å². The predicted molar refractivity (Wildman–Crippen MR) is 132 cm³/mol. The number of methoxy groups -OCH3 is 1. The lowest BCUT2D eigenvalue weighted by atomic mass is 10.2. The van der Waals surface area contributed by atoms with Crippen LogP contribution in [0.2, 0.25) is 0 Å². The van der Waals surface area contributed by atoms with Gasteiger partial charge in [-0.15, -0.1) is 0 Å². The molecule has 0 unspecified atom stereocenters. The first-order valence-electron chi connectivity index (χ1n) is 10.1. The number of benzene rings is 2. The van der Waals surface area contributed by atoms with Crippen molar-refractivity contribution in [2.24, 2.45) is 0 Å². The molecule has 1 aromatic heterocycles. The number of anilines is 4. The lowest BCUT2D eigenvalue weighted by Crippen LogP contribution is -2.15. The molecule has 9 heteroatoms. The fourth-order valence-electron chi connectivity index (χ4n) is 3.06. The van der Waals surface area contributed by atoms with Crippen LogP contribution in [0.25, 0.3) is 0 Å². The standard InChI is InChI=1S/C23H28N3O4PS/c1-16(2)32(28,29)22-9-7-6-8-20(22)25-17-12-13-24-23(14-17)26-19-11-10-18(31(4,5)27)15-21(19)30-3/h6-16H,1-5H3,(H2,24,25,26). The van der Waals surface area contributed by atoms with Crippen LogP contribution in [0.15, 0.2) is 65.7 Å². The van der Waals surface area contributed by atoms with Gasteiger partial charge in [0.2, 0.25) is 0 Å². The Morgan fingerprint density at radius 1 is 0.969 bits per heavy atom. The molecule has 0 aliphatic carbocycles. The monoisotopic (exact) mass is 473 g/mol. The highest BCUT2D eigenvalue weighted by Crippen LogP contribution is 2.38. The van der Waals surface area contributed by atoms with Crippen LogP contribution in [-0.4, -0.2) is 39.1 Å². The van der Waals surface area contributed by atoms with Crippen LogP contribution >= 0.6 is 7.14 Å². The normalized spacial score (nSPS) is 11.9. The van der Waals surface area contributed by atoms with E-state index in [4.69, 9.17) is 4.74 Å². The van der Waals surface area contributed by atoms with E-state index < -0.39 is 22.2 Å². The summed E-state index contributed by atoms with van der Waals surface area (Å²) in [6.45, 7) is 6.75. The molecule has 170 valence electrons. The van der Waals surface area contributed by atoms with Gasteiger partial charge in [-0.05, 0) is 63.6 Å². The summed E-state index contributed by atoms with van der Waals surface area (Å²) in [7, 11) is -4.31. The molecule has 0 saturated heterocycles. The fourth-order valence-corrected chi connectivity index (χ4v) is 5.12. The maximum absolute atomic E-state index is 12.7. The van der Waals surface area contributed by atoms with Crippen LogP contribution in [0.5, 0.6) is 5.75 Å². The molecule has 32 heavy (non-hydrogen) atoms. The molecule has 0 saturated carbocycles. The van der Waals surface area contributed by atoms with Gasteiger partial charge in [0.1, 0.15) is 18.7 Å². The molecule has 0 aliphatic rings. The van der Waals surface area contributed by atoms with E-state index in [2.05, 4.69) is 15.6 Å². The number of ether oxygens (including phenoxy) is 1. The average molecular weight is 474 g/mol. The van der Waals surface area contributed by atoms with Crippen molar-refractivity contribution >= 4 is 45.2 Å². The van der Waals surface area contributed by atoms with Gasteiger partial charge < -0.3 is 19.9 Å². The van der Waals surface area contributed by atoms with Crippen LogP contribution in [-0.2, 0) is 14.4 Å². The van der Waals surface area contributed by atoms with Gasteiger partial charge >= 0.3 is 0 Å². The van der Waals surface area contributed by atoms with E-state index in [0.717, 1.165) is 5.30 Å². The number of hydrogen-bond donors (Lipinski definition) is 2. The second-order valence-corrected chi connectivity index (χ2v) is 13.7. The van der Waals surface area contributed by atoms with Crippen molar-refractivity contribution in [1.29, 1.82) is 0 Å². The summed E-state index contributed by atoms with van der Waals surface area (Å²) in [5.74, 6) is 1.10. The molecule has 2 N–H and O–H groups in total. The molecule has 0 amide bonds. The minimum Gasteiger partial charge on any atom is -0.495 e. The van der Waals surface area contributed by atoms with Gasteiger partial charge in [-0.25, -0.2) is 13.4 Å². The SMILES string of the molecule is COc1cc(P(C)(C)=O)ccc1Nc1cc(Nc2ccccc2S(=O)(=O)C(C)C)ccn1. The van der Waals surface area contributed by atoms with Gasteiger partial charge in [-0.2, -0.15) is 0 Å². The highest BCUT2D eigenvalue weighted by molar-refractivity contribution is 7.92. The molecule has 3 aromatic rings. The van der Waals surface area contributed by atoms with E-state index in [1.807, 2.05) is 0 Å². The number of hydrogen-bond acceptors (Lipinski definition) is 7. The molecular formula is C23H28N3O4PS. The number of rotatable bonds is 8. The Morgan fingerprint density at radius 2 is 1.69 bits per heavy atom. The van der Waals surface area contributed by atoms with Crippen LogP contribution in [0.1, 0.15) is 13.8 Å². The summed E-state index contributed by atoms with van der Waals surface area (Å²) in [4.78, 5) is 4.59. The lowest BCUT2D eigenvalue weighted by Gasteiger charge is -2.16. The van der Waals surface area contributed by atoms with E-state index in [1.54, 1.807) is 95.1 Å². The van der Waals surface area contributed by atoms with Gasteiger partial charge in [-0.3, -0.25) is 0 Å². The van der Waals surface area contributed by atoms with E-state index in [1.165, 1.54) is 0 Å². The fraction of sp³-hybridized carbons (Fsp3) is 0.261. The van der Waals surface area contributed by atoms with Gasteiger partial charge in [0.25, 0.3) is 0 Å². The van der Waals surface area contributed by atoms with Crippen molar-refractivity contribution < 1.29 is 17.7 Å². The maximum atomic E-state index is 12.7. The number of nitrogens with one attached hydrogen (secondary N) is 2. The van der Waals surface area contributed by atoms with Gasteiger partial charge in [0.15, 0.2) is 9.84 Å². The van der Waals surface area contributed by atoms with Gasteiger partial charge in [0, 0.05) is 23.3 Å². The summed E-state index contributed by atoms with van der Waals surface area (Å²) >= 11 is 0. The molecule has 1 heterocycles. The molecule has 0 atom stereocenters. The van der Waals surface area contributed by atoms with Crippen LogP contribution in [0.3, 0.4) is 0 Å². The topological polar surface area (TPSA) is 97.4 Å². The molecule has 0 bridgehead atoms. The van der Waals surface area contributed by atoms with Crippen molar-refractivity contribution in [3.05, 3.63) is 60.8 Å². The van der Waals surface area contributed by atoms with Crippen LogP contribution < -0.4 is 20.7 Å². The van der Waals surface area contributed by atoms with Crippen molar-refractivity contribution in [2.45, 2.75) is 24.0 Å². The van der Waals surface area contributed by atoms with Crippen molar-refractivity contribution in [2.75, 3.05) is 31.1 Å². The summed E-state index contributed by atoms with van der Waals surface area (Å²) < 4.78 is 43.3. The Morgan fingerprint density at radius 3 is 2.34 bits per heavy atom. The molecule has 7 nitrogen and oxygen atoms in total. The summed E-state index contributed by atoms with van der Waals surface area (Å²) in [5, 5.41) is 6.59. The molecule has 0 spiro atoms. The van der Waals surface area contributed by atoms with E-state index in [-0.39, 0.29) is 4.90 Å². The number of para-hydroxylation sites is 1. The minimum absolute atomic E-state index is 0.252. The minimum atomic E-state index is -3.44. The summed E-state index contributed by atoms with van der Waals surface area (Å²) in [5.41, 5.74) is 1.86. The number of nitrogens with zero attached hydrogens (tertiary/aromatic N) is 1. The Kier molecular flexibility index (Phi) is 6.96. The zero-order valence-electron chi connectivity index (χ0n) is 18.8. The average Bonchev–Trinajstić information content (AvgIpc) is 2.73. The second-order valence-electron chi connectivity index (χ2n) is 8.01. The van der Waals surface area contributed by atoms with Crippen LogP contribution in [0, 0.1) is 0 Å². The molecule has 0 aliphatic heterocycles. The third-order valence-electron chi connectivity index (χ3n) is 4.92. The second kappa shape index (κ2) is 9.35. The lowest BCUT2D eigenvalue weighted by molar-refractivity contribution is 0.417. The largest absolute Gasteiger partial charge is 0.495 e. The first-order valence-corrected chi connectivity index (χ1v) is 14.2. The Balaban J connectivity index is 1.89. The highest BCUT2D eigenvalue weighted by Gasteiger charge is 2.22. The Labute approximate surface area is 189 Å². The number of aromatic nitrogens is 1. The quantitative estimate of drug-likeness (QED) is 0.444. The maximum Gasteiger partial charge on any atom is 0.182 e. The number of pyridine rings is 1. The summed E-state index contributed by atoms with van der Waals surface area (Å²) in [6, 6.07) is 15.7. The highest BCUT2D eigenvalue weighted by atomic mass is 32.2. The Hall–Kier alpha value is -2.83.